The van der Waals surface area contributed by atoms with Gasteiger partial charge in [0.15, 0.2) is 9.84 Å². The highest BCUT2D eigenvalue weighted by Crippen LogP contribution is 2.25. The van der Waals surface area contributed by atoms with Gasteiger partial charge in [-0.2, -0.15) is 0 Å². The zero-order valence-corrected chi connectivity index (χ0v) is 20.9. The molecule has 1 amide bonds. The third-order valence-electron chi connectivity index (χ3n) is 4.73. The summed E-state index contributed by atoms with van der Waals surface area (Å²) < 4.78 is 35.6. The summed E-state index contributed by atoms with van der Waals surface area (Å²) in [6, 6.07) is 6.52. The van der Waals surface area contributed by atoms with Crippen LogP contribution in [0.5, 0.6) is 0 Å². The minimum atomic E-state index is -3.36. The fourth-order valence-corrected chi connectivity index (χ4v) is 3.97. The summed E-state index contributed by atoms with van der Waals surface area (Å²) in [4.78, 5) is 21.0. The van der Waals surface area contributed by atoms with E-state index in [4.69, 9.17) is 9.15 Å². The van der Waals surface area contributed by atoms with Crippen LogP contribution < -0.4 is 5.32 Å². The van der Waals surface area contributed by atoms with Crippen molar-refractivity contribution < 1.29 is 22.4 Å². The molecule has 1 N–H and O–H groups in total. The maximum atomic E-state index is 12.4. The van der Waals surface area contributed by atoms with Gasteiger partial charge >= 0.3 is 6.09 Å². The van der Waals surface area contributed by atoms with Crippen LogP contribution >= 0.6 is 0 Å². The predicted molar refractivity (Wildman–Crippen MR) is 126 cm³/mol. The number of nitrogens with zero attached hydrogens (tertiary/aromatic N) is 4. The van der Waals surface area contributed by atoms with Crippen molar-refractivity contribution >= 4 is 15.9 Å². The molecule has 0 radical (unpaired) electrons. The van der Waals surface area contributed by atoms with E-state index in [2.05, 4.69) is 25.5 Å². The standard InChI is InChI=1S/C23H29N5O5S/c1-14(2)34(30,31)17-9-7-16(8-10-17)18-13-25-15(3)20(26-18)21-28-27-19(32-21)11-12-24-22(29)33-23(4,5)6/h7-10,13-14H,11-12H2,1-6H3,(H,24,29). The molecule has 10 nitrogen and oxygen atoms in total. The minimum absolute atomic E-state index is 0.207. The number of sulfone groups is 1. The highest BCUT2D eigenvalue weighted by atomic mass is 32.2. The molecule has 182 valence electrons. The fraction of sp³-hybridized carbons (Fsp3) is 0.435. The Balaban J connectivity index is 1.74. The second-order valence-electron chi connectivity index (χ2n) is 8.99. The van der Waals surface area contributed by atoms with E-state index in [1.807, 2.05) is 0 Å². The number of amides is 1. The Morgan fingerprint density at radius 2 is 1.82 bits per heavy atom. The van der Waals surface area contributed by atoms with Gasteiger partial charge in [-0.3, -0.25) is 4.98 Å². The molecule has 0 fully saturated rings. The molecule has 3 aromatic rings. The van der Waals surface area contributed by atoms with Crippen molar-refractivity contribution in [1.82, 2.24) is 25.5 Å². The van der Waals surface area contributed by atoms with E-state index in [1.54, 1.807) is 72.0 Å². The van der Waals surface area contributed by atoms with Crippen molar-refractivity contribution in [3.63, 3.8) is 0 Å². The summed E-state index contributed by atoms with van der Waals surface area (Å²) in [6.07, 6.45) is 1.41. The molecule has 0 saturated heterocycles. The normalized spacial score (nSPS) is 12.1. The quantitative estimate of drug-likeness (QED) is 0.528. The van der Waals surface area contributed by atoms with Gasteiger partial charge in [0.25, 0.3) is 5.89 Å². The summed E-state index contributed by atoms with van der Waals surface area (Å²) in [5.41, 5.74) is 1.70. The molecule has 0 aliphatic carbocycles. The van der Waals surface area contributed by atoms with Crippen LogP contribution in [0.4, 0.5) is 4.79 Å². The number of aromatic nitrogens is 4. The van der Waals surface area contributed by atoms with Gasteiger partial charge < -0.3 is 14.5 Å². The largest absolute Gasteiger partial charge is 0.444 e. The lowest BCUT2D eigenvalue weighted by Gasteiger charge is -2.19. The molecule has 3 rings (SSSR count). The van der Waals surface area contributed by atoms with Crippen molar-refractivity contribution in [2.45, 2.75) is 63.7 Å². The summed E-state index contributed by atoms with van der Waals surface area (Å²) in [5.74, 6) is 0.541. The molecule has 0 aliphatic rings. The number of ether oxygens (including phenoxy) is 1. The average molecular weight is 488 g/mol. The van der Waals surface area contributed by atoms with Gasteiger partial charge in [-0.1, -0.05) is 12.1 Å². The predicted octanol–water partition coefficient (Wildman–Crippen LogP) is 3.75. The van der Waals surface area contributed by atoms with Gasteiger partial charge in [0, 0.05) is 18.5 Å². The topological polar surface area (TPSA) is 137 Å². The fourth-order valence-electron chi connectivity index (χ4n) is 2.91. The molecule has 1 aromatic carbocycles. The lowest BCUT2D eigenvalue weighted by atomic mass is 10.1. The highest BCUT2D eigenvalue weighted by Gasteiger charge is 2.20. The van der Waals surface area contributed by atoms with Gasteiger partial charge in [0.1, 0.15) is 11.3 Å². The van der Waals surface area contributed by atoms with Crippen LogP contribution in [0.15, 0.2) is 39.8 Å². The third kappa shape index (κ3) is 6.16. The van der Waals surface area contributed by atoms with Crippen molar-refractivity contribution in [3.05, 3.63) is 42.0 Å². The highest BCUT2D eigenvalue weighted by molar-refractivity contribution is 7.92. The molecule has 0 aliphatic heterocycles. The van der Waals surface area contributed by atoms with Crippen LogP contribution in [-0.2, 0) is 21.0 Å². The van der Waals surface area contributed by atoms with E-state index >= 15 is 0 Å². The molecule has 11 heteroatoms. The van der Waals surface area contributed by atoms with Gasteiger partial charge in [0.05, 0.1) is 27.7 Å². The van der Waals surface area contributed by atoms with Crippen LogP contribution in [0.25, 0.3) is 22.8 Å². The lowest BCUT2D eigenvalue weighted by molar-refractivity contribution is 0.0528. The zero-order valence-electron chi connectivity index (χ0n) is 20.1. The van der Waals surface area contributed by atoms with Gasteiger partial charge in [-0.05, 0) is 53.7 Å². The van der Waals surface area contributed by atoms with E-state index in [1.165, 1.54) is 0 Å². The number of hydrogen-bond donors (Lipinski definition) is 1. The number of hydrogen-bond acceptors (Lipinski definition) is 9. The summed E-state index contributed by atoms with van der Waals surface area (Å²) in [5, 5.41) is 10.2. The first-order chi connectivity index (χ1) is 15.9. The van der Waals surface area contributed by atoms with Crippen LogP contribution in [-0.4, -0.2) is 52.1 Å². The minimum Gasteiger partial charge on any atom is -0.444 e. The maximum Gasteiger partial charge on any atom is 0.407 e. The van der Waals surface area contributed by atoms with Crippen molar-refractivity contribution in [3.8, 4) is 22.8 Å². The number of aryl methyl sites for hydroxylation is 1. The van der Waals surface area contributed by atoms with Crippen LogP contribution in [0.2, 0.25) is 0 Å². The first-order valence-electron chi connectivity index (χ1n) is 10.8. The maximum absolute atomic E-state index is 12.4. The number of nitrogens with one attached hydrogen (secondary N) is 1. The molecule has 0 saturated carbocycles. The van der Waals surface area contributed by atoms with Crippen molar-refractivity contribution in [2.24, 2.45) is 0 Å². The molecular weight excluding hydrogens is 458 g/mol. The smallest absolute Gasteiger partial charge is 0.407 e. The number of rotatable bonds is 7. The molecule has 0 atom stereocenters. The monoisotopic (exact) mass is 487 g/mol. The second-order valence-corrected chi connectivity index (χ2v) is 11.5. The van der Waals surface area contributed by atoms with Gasteiger partial charge in [0.2, 0.25) is 5.89 Å². The van der Waals surface area contributed by atoms with E-state index in [-0.39, 0.29) is 17.3 Å². The van der Waals surface area contributed by atoms with Crippen LogP contribution in [0, 0.1) is 6.92 Å². The van der Waals surface area contributed by atoms with Gasteiger partial charge in [-0.25, -0.2) is 18.2 Å². The Labute approximate surface area is 199 Å². The first-order valence-corrected chi connectivity index (χ1v) is 12.4. The second kappa shape index (κ2) is 9.88. The molecule has 2 heterocycles. The van der Waals surface area contributed by atoms with E-state index in [9.17, 15) is 13.2 Å². The Morgan fingerprint density at radius 3 is 2.44 bits per heavy atom. The van der Waals surface area contributed by atoms with E-state index in [0.29, 0.717) is 35.0 Å². The van der Waals surface area contributed by atoms with Gasteiger partial charge in [-0.15, -0.1) is 10.2 Å². The summed E-state index contributed by atoms with van der Waals surface area (Å²) in [7, 11) is -3.36. The molecule has 0 spiro atoms. The number of carbonyl (C=O) groups excluding carboxylic acids is 1. The molecule has 34 heavy (non-hydrogen) atoms. The van der Waals surface area contributed by atoms with Crippen LogP contribution in [0.3, 0.4) is 0 Å². The molecular formula is C23H29N5O5S. The van der Waals surface area contributed by atoms with Crippen molar-refractivity contribution in [2.75, 3.05) is 6.54 Å². The summed E-state index contributed by atoms with van der Waals surface area (Å²) >= 11 is 0. The lowest BCUT2D eigenvalue weighted by Crippen LogP contribution is -2.33. The number of carbonyl (C=O) groups is 1. The van der Waals surface area contributed by atoms with Crippen molar-refractivity contribution in [1.29, 1.82) is 0 Å². The Morgan fingerprint density at radius 1 is 1.15 bits per heavy atom. The van der Waals surface area contributed by atoms with Crippen LogP contribution in [0.1, 0.15) is 46.2 Å². The number of alkyl carbamates (subject to hydrolysis) is 1. The van der Waals surface area contributed by atoms with E-state index in [0.717, 1.165) is 0 Å². The third-order valence-corrected chi connectivity index (χ3v) is 6.90. The summed E-state index contributed by atoms with van der Waals surface area (Å²) in [6.45, 7) is 10.7. The average Bonchev–Trinajstić information content (AvgIpc) is 3.21. The number of benzene rings is 1. The van der Waals surface area contributed by atoms with E-state index < -0.39 is 26.8 Å². The Kier molecular flexibility index (Phi) is 7.35. The Hall–Kier alpha value is -3.34. The Bertz CT molecular complexity index is 1260. The zero-order chi connectivity index (χ0) is 25.1. The molecule has 2 aromatic heterocycles. The SMILES string of the molecule is Cc1ncc(-c2ccc(S(=O)(=O)C(C)C)cc2)nc1-c1nnc(CCNC(=O)OC(C)(C)C)o1. The first kappa shape index (κ1) is 25.3. The molecule has 0 bridgehead atoms. The molecule has 0 unspecified atom stereocenters.